The number of benzene rings is 2. The molecule has 2 aromatic carbocycles. The summed E-state index contributed by atoms with van der Waals surface area (Å²) in [5.74, 6) is 1.25. The molecule has 1 aliphatic heterocycles. The molecule has 2 aliphatic rings. The number of amides is 1. The average Bonchev–Trinajstić information content (AvgIpc) is 2.91. The van der Waals surface area contributed by atoms with E-state index in [-0.39, 0.29) is 11.9 Å². The summed E-state index contributed by atoms with van der Waals surface area (Å²) in [7, 11) is 1.74. The third-order valence-electron chi connectivity index (χ3n) is 7.56. The molecule has 1 amide bonds. The number of hydrogen-bond acceptors (Lipinski definition) is 5. The lowest BCUT2D eigenvalue weighted by atomic mass is 9.86. The van der Waals surface area contributed by atoms with E-state index in [4.69, 9.17) is 4.74 Å². The van der Waals surface area contributed by atoms with E-state index in [1.807, 2.05) is 18.3 Å². The Bertz CT molecular complexity index is 1170. The summed E-state index contributed by atoms with van der Waals surface area (Å²) in [5.41, 5.74) is 4.91. The smallest absolute Gasteiger partial charge is 0.237 e. The fourth-order valence-corrected chi connectivity index (χ4v) is 5.75. The van der Waals surface area contributed by atoms with Gasteiger partial charge in [0.05, 0.1) is 19.2 Å². The maximum atomic E-state index is 13.5. The summed E-state index contributed by atoms with van der Waals surface area (Å²) in [6.45, 7) is 7.13. The van der Waals surface area contributed by atoms with Gasteiger partial charge in [-0.1, -0.05) is 37.3 Å². The number of ether oxygens (including phenoxy) is 1. The zero-order chi connectivity index (χ0) is 24.2. The molecule has 0 spiro atoms. The molecule has 0 radical (unpaired) electrons. The molecule has 1 unspecified atom stereocenters. The van der Waals surface area contributed by atoms with E-state index < -0.39 is 0 Å². The number of fused-ring (bicyclic) bond motifs is 2. The van der Waals surface area contributed by atoms with Crippen molar-refractivity contribution in [2.75, 3.05) is 51.3 Å². The molecule has 1 fully saturated rings. The van der Waals surface area contributed by atoms with Gasteiger partial charge in [0.1, 0.15) is 5.75 Å². The molecular weight excluding hydrogens is 436 g/mol. The molecule has 0 bridgehead atoms. The van der Waals surface area contributed by atoms with Crippen LogP contribution in [-0.4, -0.2) is 73.1 Å². The fraction of sp³-hybridized carbons (Fsp3) is 0.448. The van der Waals surface area contributed by atoms with Gasteiger partial charge in [-0.05, 0) is 55.0 Å². The van der Waals surface area contributed by atoms with Crippen molar-refractivity contribution in [1.29, 1.82) is 0 Å². The predicted molar refractivity (Wildman–Crippen MR) is 141 cm³/mol. The van der Waals surface area contributed by atoms with Crippen LogP contribution in [0.1, 0.15) is 30.9 Å². The summed E-state index contributed by atoms with van der Waals surface area (Å²) >= 11 is 0. The van der Waals surface area contributed by atoms with E-state index >= 15 is 0 Å². The SMILES string of the molecule is CCCN(C(=O)CN1CCN(c2ccnc3ccccc23)CC1)C1CCc2c(cccc2OC)C1. The largest absolute Gasteiger partial charge is 0.496 e. The van der Waals surface area contributed by atoms with Crippen molar-refractivity contribution >= 4 is 22.5 Å². The minimum absolute atomic E-state index is 0.269. The van der Waals surface area contributed by atoms with Gasteiger partial charge in [0.15, 0.2) is 0 Å². The van der Waals surface area contributed by atoms with Crippen LogP contribution >= 0.6 is 0 Å². The number of anilines is 1. The molecule has 184 valence electrons. The second-order valence-electron chi connectivity index (χ2n) is 9.69. The first kappa shape index (κ1) is 23.6. The quantitative estimate of drug-likeness (QED) is 0.517. The monoisotopic (exact) mass is 472 g/mol. The van der Waals surface area contributed by atoms with Crippen molar-refractivity contribution in [3.63, 3.8) is 0 Å². The van der Waals surface area contributed by atoms with E-state index in [0.29, 0.717) is 6.54 Å². The molecule has 1 aromatic heterocycles. The summed E-state index contributed by atoms with van der Waals surface area (Å²) in [6.07, 6.45) is 5.77. The minimum Gasteiger partial charge on any atom is -0.496 e. The van der Waals surface area contributed by atoms with Crippen LogP contribution in [0, 0.1) is 0 Å². The van der Waals surface area contributed by atoms with Gasteiger partial charge in [0, 0.05) is 56.0 Å². The van der Waals surface area contributed by atoms with Crippen LogP contribution in [0.2, 0.25) is 0 Å². The lowest BCUT2D eigenvalue weighted by Gasteiger charge is -2.39. The molecule has 1 saturated heterocycles. The van der Waals surface area contributed by atoms with E-state index in [2.05, 4.69) is 63.0 Å². The van der Waals surface area contributed by atoms with Crippen molar-refractivity contribution in [3.05, 3.63) is 65.9 Å². The second kappa shape index (κ2) is 10.6. The van der Waals surface area contributed by atoms with Crippen LogP contribution in [0.5, 0.6) is 5.75 Å². The first-order valence-electron chi connectivity index (χ1n) is 12.9. The topological polar surface area (TPSA) is 48.9 Å². The second-order valence-corrected chi connectivity index (χ2v) is 9.69. The number of piperazine rings is 1. The van der Waals surface area contributed by atoms with Gasteiger partial charge in [0.2, 0.25) is 5.91 Å². The number of nitrogens with zero attached hydrogens (tertiary/aromatic N) is 4. The highest BCUT2D eigenvalue weighted by Crippen LogP contribution is 2.32. The van der Waals surface area contributed by atoms with Crippen LogP contribution in [0.15, 0.2) is 54.7 Å². The third kappa shape index (κ3) is 4.98. The number of rotatable bonds is 7. The summed E-state index contributed by atoms with van der Waals surface area (Å²) in [6, 6.07) is 17.0. The Morgan fingerprint density at radius 3 is 2.71 bits per heavy atom. The molecule has 35 heavy (non-hydrogen) atoms. The summed E-state index contributed by atoms with van der Waals surface area (Å²) in [4.78, 5) is 24.9. The number of carbonyl (C=O) groups is 1. The number of hydrogen-bond donors (Lipinski definition) is 0. The standard InChI is InChI=1S/C29H36N4O2/c1-3-15-33(23-11-12-24-22(20-23)7-6-10-28(24)35-2)29(34)21-31-16-18-32(19-17-31)27-13-14-30-26-9-5-4-8-25(26)27/h4-10,13-14,23H,3,11-12,15-21H2,1-2H3. The molecule has 6 nitrogen and oxygen atoms in total. The van der Waals surface area contributed by atoms with Crippen LogP contribution in [0.3, 0.4) is 0 Å². The van der Waals surface area contributed by atoms with Crippen molar-refractivity contribution in [3.8, 4) is 5.75 Å². The van der Waals surface area contributed by atoms with Crippen LogP contribution in [-0.2, 0) is 17.6 Å². The van der Waals surface area contributed by atoms with Crippen molar-refractivity contribution < 1.29 is 9.53 Å². The highest BCUT2D eigenvalue weighted by atomic mass is 16.5. The van der Waals surface area contributed by atoms with Crippen LogP contribution in [0.25, 0.3) is 10.9 Å². The maximum absolute atomic E-state index is 13.5. The Labute approximate surface area is 208 Å². The number of pyridine rings is 1. The Morgan fingerprint density at radius 1 is 1.09 bits per heavy atom. The van der Waals surface area contributed by atoms with Crippen molar-refractivity contribution in [2.45, 2.75) is 38.6 Å². The van der Waals surface area contributed by atoms with E-state index in [0.717, 1.165) is 69.7 Å². The highest BCUT2D eigenvalue weighted by molar-refractivity contribution is 5.91. The molecule has 0 saturated carbocycles. The molecular formula is C29H36N4O2. The molecule has 6 heteroatoms. The Hall–Kier alpha value is -3.12. The van der Waals surface area contributed by atoms with Crippen LogP contribution in [0.4, 0.5) is 5.69 Å². The Balaban J connectivity index is 1.22. The van der Waals surface area contributed by atoms with E-state index in [9.17, 15) is 4.79 Å². The van der Waals surface area contributed by atoms with Crippen molar-refractivity contribution in [1.82, 2.24) is 14.8 Å². The Morgan fingerprint density at radius 2 is 1.91 bits per heavy atom. The molecule has 1 aliphatic carbocycles. The lowest BCUT2D eigenvalue weighted by Crippen LogP contribution is -2.52. The van der Waals surface area contributed by atoms with Gasteiger partial charge < -0.3 is 14.5 Å². The summed E-state index contributed by atoms with van der Waals surface area (Å²) < 4.78 is 5.57. The average molecular weight is 473 g/mol. The van der Waals surface area contributed by atoms with E-state index in [1.165, 1.54) is 22.2 Å². The minimum atomic E-state index is 0.269. The summed E-state index contributed by atoms with van der Waals surface area (Å²) in [5, 5.41) is 1.20. The normalized spacial score (nSPS) is 18.3. The maximum Gasteiger partial charge on any atom is 0.237 e. The first-order valence-corrected chi connectivity index (χ1v) is 12.9. The molecule has 0 N–H and O–H groups in total. The number of para-hydroxylation sites is 1. The molecule has 5 rings (SSSR count). The zero-order valence-corrected chi connectivity index (χ0v) is 20.9. The van der Waals surface area contributed by atoms with Crippen molar-refractivity contribution in [2.24, 2.45) is 0 Å². The zero-order valence-electron chi connectivity index (χ0n) is 20.9. The highest BCUT2D eigenvalue weighted by Gasteiger charge is 2.30. The van der Waals surface area contributed by atoms with Gasteiger partial charge in [-0.2, -0.15) is 0 Å². The fourth-order valence-electron chi connectivity index (χ4n) is 5.75. The van der Waals surface area contributed by atoms with Gasteiger partial charge in [-0.25, -0.2) is 0 Å². The van der Waals surface area contributed by atoms with Gasteiger partial charge in [-0.15, -0.1) is 0 Å². The van der Waals surface area contributed by atoms with E-state index in [1.54, 1.807) is 7.11 Å². The number of carbonyl (C=O) groups excluding carboxylic acids is 1. The predicted octanol–water partition coefficient (Wildman–Crippen LogP) is 4.16. The molecule has 1 atom stereocenters. The molecule has 2 heterocycles. The van der Waals surface area contributed by atoms with Gasteiger partial charge >= 0.3 is 0 Å². The number of methoxy groups -OCH3 is 1. The third-order valence-corrected chi connectivity index (χ3v) is 7.56. The lowest BCUT2D eigenvalue weighted by molar-refractivity contribution is -0.135. The molecule has 3 aromatic rings. The van der Waals surface area contributed by atoms with Crippen LogP contribution < -0.4 is 9.64 Å². The Kier molecular flexibility index (Phi) is 7.19. The van der Waals surface area contributed by atoms with Gasteiger partial charge in [-0.3, -0.25) is 14.7 Å². The first-order chi connectivity index (χ1) is 17.2. The van der Waals surface area contributed by atoms with Gasteiger partial charge in [0.25, 0.3) is 0 Å². The number of aromatic nitrogens is 1.